The minimum Gasteiger partial charge on any atom is -0.471 e. The van der Waals surface area contributed by atoms with Crippen LogP contribution < -0.4 is 15.0 Å². The van der Waals surface area contributed by atoms with E-state index in [4.69, 9.17) is 24.8 Å². The quantitative estimate of drug-likeness (QED) is 0.236. The standard InChI is InChI=1S/C21H19FN5O6P/c22-15-4-5-16(24-11-15)12-31-20-6-3-14(10-25-20)8-17-9-19(33-26-17)18-2-1-7-27(21(18)23)13-32-34(28,29)30/h1-7,9-11,23H,8,12-13H2,(H2,28,29,30)/p+1. The Labute approximate surface area is 192 Å². The first-order valence-corrected chi connectivity index (χ1v) is 11.4. The zero-order valence-electron chi connectivity index (χ0n) is 17.6. The Bertz CT molecular complexity index is 1310. The molecule has 0 radical (unpaired) electrons. The second-order valence-electron chi connectivity index (χ2n) is 7.15. The summed E-state index contributed by atoms with van der Waals surface area (Å²) in [6.45, 7) is -0.265. The molecule has 4 aromatic heterocycles. The molecule has 0 saturated heterocycles. The van der Waals surface area contributed by atoms with Gasteiger partial charge in [0.05, 0.1) is 23.8 Å². The fourth-order valence-electron chi connectivity index (χ4n) is 2.99. The lowest BCUT2D eigenvalue weighted by molar-refractivity contribution is -0.711. The molecule has 0 fully saturated rings. The van der Waals surface area contributed by atoms with Gasteiger partial charge in [-0.3, -0.25) is 10.7 Å². The van der Waals surface area contributed by atoms with E-state index in [1.54, 1.807) is 30.5 Å². The van der Waals surface area contributed by atoms with Crippen LogP contribution in [0.3, 0.4) is 0 Å². The number of ether oxygens (including phenoxy) is 1. The van der Waals surface area contributed by atoms with Crippen LogP contribution in [0.5, 0.6) is 5.88 Å². The molecule has 4 rings (SSSR count). The van der Waals surface area contributed by atoms with E-state index in [2.05, 4.69) is 19.6 Å². The van der Waals surface area contributed by atoms with E-state index in [0.717, 1.165) is 11.8 Å². The molecular weight excluding hydrogens is 468 g/mol. The predicted octanol–water partition coefficient (Wildman–Crippen LogP) is 2.38. The Morgan fingerprint density at radius 2 is 1.97 bits per heavy atom. The van der Waals surface area contributed by atoms with Crippen LogP contribution in [0.15, 0.2) is 65.6 Å². The summed E-state index contributed by atoms with van der Waals surface area (Å²) in [5.74, 6) is 0.565. The summed E-state index contributed by atoms with van der Waals surface area (Å²) in [4.78, 5) is 26.0. The van der Waals surface area contributed by atoms with Gasteiger partial charge in [-0.25, -0.2) is 23.0 Å². The Hall–Kier alpha value is -3.70. The summed E-state index contributed by atoms with van der Waals surface area (Å²) in [5.41, 5.74) is 8.66. The lowest BCUT2D eigenvalue weighted by Crippen LogP contribution is -2.38. The molecule has 4 aromatic rings. The van der Waals surface area contributed by atoms with Gasteiger partial charge < -0.3 is 19.0 Å². The zero-order valence-corrected chi connectivity index (χ0v) is 18.5. The molecular formula is C21H20FN5O6P+. The second-order valence-corrected chi connectivity index (χ2v) is 8.39. The van der Waals surface area contributed by atoms with Crippen molar-refractivity contribution >= 4 is 13.6 Å². The third-order valence-corrected chi connectivity index (χ3v) is 5.09. The second kappa shape index (κ2) is 10.1. The number of pyridine rings is 3. The van der Waals surface area contributed by atoms with Crippen molar-refractivity contribution in [1.29, 1.82) is 0 Å². The summed E-state index contributed by atoms with van der Waals surface area (Å²) in [6.07, 6.45) is 4.73. The average Bonchev–Trinajstić information content (AvgIpc) is 3.26. The van der Waals surface area contributed by atoms with Crippen molar-refractivity contribution in [2.75, 3.05) is 5.73 Å². The molecule has 11 nitrogen and oxygen atoms in total. The molecule has 4 N–H and O–H groups in total. The molecule has 0 spiro atoms. The van der Waals surface area contributed by atoms with Gasteiger partial charge in [0.2, 0.25) is 12.6 Å². The average molecular weight is 488 g/mol. The lowest BCUT2D eigenvalue weighted by Gasteiger charge is -2.07. The van der Waals surface area contributed by atoms with Gasteiger partial charge in [0.25, 0.3) is 5.82 Å². The van der Waals surface area contributed by atoms with Crippen LogP contribution in [0.25, 0.3) is 11.3 Å². The van der Waals surface area contributed by atoms with Crippen molar-refractivity contribution < 1.29 is 37.1 Å². The first kappa shape index (κ1) is 23.5. The van der Waals surface area contributed by atoms with E-state index < -0.39 is 20.4 Å². The number of nitrogen functional groups attached to an aromatic ring is 1. The van der Waals surface area contributed by atoms with Crippen molar-refractivity contribution in [1.82, 2.24) is 15.1 Å². The maximum absolute atomic E-state index is 12.9. The van der Waals surface area contributed by atoms with Crippen LogP contribution in [-0.2, 0) is 28.8 Å². The normalized spacial score (nSPS) is 11.5. The third-order valence-electron chi connectivity index (χ3n) is 4.64. The summed E-state index contributed by atoms with van der Waals surface area (Å²) < 4.78 is 40.7. The van der Waals surface area contributed by atoms with Crippen molar-refractivity contribution in [2.45, 2.75) is 19.8 Å². The molecule has 4 heterocycles. The van der Waals surface area contributed by atoms with Gasteiger partial charge in [-0.1, -0.05) is 11.2 Å². The van der Waals surface area contributed by atoms with Gasteiger partial charge in [-0.05, 0) is 29.8 Å². The molecule has 0 aliphatic carbocycles. The number of hydrogen-bond acceptors (Lipinski definition) is 8. The van der Waals surface area contributed by atoms with Gasteiger partial charge >= 0.3 is 7.82 Å². The monoisotopic (exact) mass is 488 g/mol. The smallest absolute Gasteiger partial charge is 0.471 e. The molecule has 0 aliphatic rings. The topological polar surface area (TPSA) is 158 Å². The molecule has 0 aromatic carbocycles. The van der Waals surface area contributed by atoms with Crippen LogP contribution in [-0.4, -0.2) is 24.9 Å². The van der Waals surface area contributed by atoms with Gasteiger partial charge in [0.15, 0.2) is 5.76 Å². The van der Waals surface area contributed by atoms with E-state index in [1.165, 1.54) is 22.9 Å². The van der Waals surface area contributed by atoms with Crippen molar-refractivity contribution in [3.63, 3.8) is 0 Å². The highest BCUT2D eigenvalue weighted by atomic mass is 31.2. The fraction of sp³-hybridized carbons (Fsp3) is 0.143. The molecule has 0 bridgehead atoms. The molecule has 13 heteroatoms. The molecule has 0 amide bonds. The maximum Gasteiger partial charge on any atom is 0.472 e. The van der Waals surface area contributed by atoms with Crippen LogP contribution in [0.4, 0.5) is 10.2 Å². The Morgan fingerprint density at radius 3 is 2.68 bits per heavy atom. The highest BCUT2D eigenvalue weighted by Gasteiger charge is 2.20. The molecule has 176 valence electrons. The van der Waals surface area contributed by atoms with E-state index >= 15 is 0 Å². The van der Waals surface area contributed by atoms with E-state index in [-0.39, 0.29) is 12.4 Å². The molecule has 0 unspecified atom stereocenters. The van der Waals surface area contributed by atoms with Gasteiger partial charge in [-0.15, -0.1) is 0 Å². The minimum atomic E-state index is -4.64. The highest BCUT2D eigenvalue weighted by Crippen LogP contribution is 2.35. The number of rotatable bonds is 9. The number of nitrogens with two attached hydrogens (primary N) is 1. The summed E-state index contributed by atoms with van der Waals surface area (Å²) in [6, 6.07) is 11.4. The number of nitrogens with zero attached hydrogens (tertiary/aromatic N) is 4. The predicted molar refractivity (Wildman–Crippen MR) is 115 cm³/mol. The van der Waals surface area contributed by atoms with Crippen LogP contribution in [0.2, 0.25) is 0 Å². The van der Waals surface area contributed by atoms with E-state index in [0.29, 0.717) is 35.0 Å². The van der Waals surface area contributed by atoms with Crippen LogP contribution in [0, 0.1) is 5.82 Å². The van der Waals surface area contributed by atoms with Gasteiger partial charge in [0.1, 0.15) is 18.0 Å². The Kier molecular flexibility index (Phi) is 6.94. The molecule has 0 atom stereocenters. The van der Waals surface area contributed by atoms with Crippen molar-refractivity contribution in [2.24, 2.45) is 0 Å². The first-order valence-electron chi connectivity index (χ1n) is 9.89. The highest BCUT2D eigenvalue weighted by molar-refractivity contribution is 7.46. The number of anilines is 1. The van der Waals surface area contributed by atoms with E-state index in [9.17, 15) is 8.96 Å². The molecule has 34 heavy (non-hydrogen) atoms. The number of phosphoric ester groups is 1. The molecule has 0 saturated carbocycles. The largest absolute Gasteiger partial charge is 0.472 e. The van der Waals surface area contributed by atoms with Crippen LogP contribution in [0.1, 0.15) is 17.0 Å². The SMILES string of the molecule is Nc1c(-c2cc(Cc3ccc(OCc4ccc(F)cn4)nc3)no2)ccc[n+]1COP(=O)(O)O. The molecule has 0 aliphatic heterocycles. The first-order chi connectivity index (χ1) is 16.3. The number of aromatic nitrogens is 4. The van der Waals surface area contributed by atoms with Crippen molar-refractivity contribution in [3.8, 4) is 17.2 Å². The summed E-state index contributed by atoms with van der Waals surface area (Å²) in [7, 11) is -4.64. The fourth-order valence-corrected chi connectivity index (χ4v) is 3.27. The van der Waals surface area contributed by atoms with Gasteiger partial charge in [0, 0.05) is 24.8 Å². The lowest BCUT2D eigenvalue weighted by atomic mass is 10.1. The summed E-state index contributed by atoms with van der Waals surface area (Å²) in [5, 5.41) is 4.06. The maximum atomic E-state index is 12.9. The van der Waals surface area contributed by atoms with E-state index in [1.807, 2.05) is 6.07 Å². The Morgan fingerprint density at radius 1 is 1.12 bits per heavy atom. The number of phosphoric acid groups is 1. The number of halogens is 1. The Balaban J connectivity index is 1.39. The summed E-state index contributed by atoms with van der Waals surface area (Å²) >= 11 is 0. The minimum absolute atomic E-state index is 0.164. The van der Waals surface area contributed by atoms with Crippen LogP contribution >= 0.6 is 7.82 Å². The van der Waals surface area contributed by atoms with Gasteiger partial charge in [-0.2, -0.15) is 0 Å². The number of hydrogen-bond donors (Lipinski definition) is 3. The zero-order chi connectivity index (χ0) is 24.1. The third kappa shape index (κ3) is 6.21. The van der Waals surface area contributed by atoms with Crippen molar-refractivity contribution in [3.05, 3.63) is 83.8 Å².